The summed E-state index contributed by atoms with van der Waals surface area (Å²) in [5.74, 6) is -0.682. The number of aryl methyl sites for hydroxylation is 1. The van der Waals surface area contributed by atoms with Crippen molar-refractivity contribution in [2.24, 2.45) is 0 Å². The number of nitrogens with one attached hydrogen (secondary N) is 1. The smallest absolute Gasteiger partial charge is 0.257 e. The van der Waals surface area contributed by atoms with E-state index in [0.717, 1.165) is 51.6 Å². The van der Waals surface area contributed by atoms with E-state index >= 15 is 0 Å². The first kappa shape index (κ1) is 22.7. The molecule has 1 saturated heterocycles. The van der Waals surface area contributed by atoms with Crippen LogP contribution in [-0.2, 0) is 23.2 Å². The zero-order chi connectivity index (χ0) is 25.0. The number of halogens is 1. The van der Waals surface area contributed by atoms with Crippen molar-refractivity contribution in [3.05, 3.63) is 65.6 Å². The van der Waals surface area contributed by atoms with Crippen LogP contribution in [0.5, 0.6) is 0 Å². The summed E-state index contributed by atoms with van der Waals surface area (Å²) in [5.41, 5.74) is 7.53. The standard InChI is InChI=1S/C28H27FN6OS/c29-16-23(36)32-27-31-22-10-9-21-24(18-4-3-13-30-17-18)33-35(25(21)26(22)37-27)20-7-5-19(6-8-20)28(11-12-28)34-14-1-2-15-34/h3-8,13,17H,1-2,9-12,14-16H2,(H,31,32,36). The molecule has 4 aromatic rings. The second kappa shape index (κ2) is 8.85. The molecular formula is C28H27FN6OS. The number of carbonyl (C=O) groups excluding carboxylic acids is 1. The molecule has 1 aromatic carbocycles. The highest BCUT2D eigenvalue weighted by Crippen LogP contribution is 2.52. The maximum atomic E-state index is 12.8. The maximum absolute atomic E-state index is 12.8. The molecule has 1 N–H and O–H groups in total. The number of anilines is 1. The molecule has 4 heterocycles. The molecule has 3 aromatic heterocycles. The Hall–Kier alpha value is -3.43. The summed E-state index contributed by atoms with van der Waals surface area (Å²) in [6.45, 7) is 1.32. The van der Waals surface area contributed by atoms with E-state index in [2.05, 4.69) is 44.5 Å². The van der Waals surface area contributed by atoms with Gasteiger partial charge in [0.2, 0.25) is 0 Å². The van der Waals surface area contributed by atoms with Gasteiger partial charge in [-0.25, -0.2) is 14.1 Å². The van der Waals surface area contributed by atoms with Gasteiger partial charge in [0.1, 0.15) is 0 Å². The Morgan fingerprint density at radius 3 is 2.62 bits per heavy atom. The van der Waals surface area contributed by atoms with Gasteiger partial charge in [0.15, 0.2) is 11.8 Å². The maximum Gasteiger partial charge on any atom is 0.257 e. The highest BCUT2D eigenvalue weighted by molar-refractivity contribution is 7.19. The van der Waals surface area contributed by atoms with Crippen LogP contribution in [0.3, 0.4) is 0 Å². The van der Waals surface area contributed by atoms with Crippen molar-refractivity contribution in [2.75, 3.05) is 25.1 Å². The van der Waals surface area contributed by atoms with E-state index in [9.17, 15) is 9.18 Å². The summed E-state index contributed by atoms with van der Waals surface area (Å²) in [7, 11) is 0. The lowest BCUT2D eigenvalue weighted by Crippen LogP contribution is -2.32. The first-order chi connectivity index (χ1) is 18.2. The summed E-state index contributed by atoms with van der Waals surface area (Å²) >= 11 is 1.38. The number of alkyl halides is 1. The van der Waals surface area contributed by atoms with E-state index in [1.807, 2.05) is 23.0 Å². The largest absolute Gasteiger partial charge is 0.300 e. The summed E-state index contributed by atoms with van der Waals surface area (Å²) in [6.07, 6.45) is 10.2. The zero-order valence-electron chi connectivity index (χ0n) is 20.4. The third kappa shape index (κ3) is 3.79. The number of fused-ring (bicyclic) bond motifs is 3. The van der Waals surface area contributed by atoms with Crippen LogP contribution in [0.2, 0.25) is 0 Å². The lowest BCUT2D eigenvalue weighted by molar-refractivity contribution is -0.117. The van der Waals surface area contributed by atoms with Gasteiger partial charge in [0.05, 0.1) is 27.6 Å². The molecule has 3 aliphatic rings. The molecule has 37 heavy (non-hydrogen) atoms. The summed E-state index contributed by atoms with van der Waals surface area (Å²) in [4.78, 5) is 24.2. The number of hydrogen-bond acceptors (Lipinski definition) is 6. The molecule has 7 rings (SSSR count). The Balaban J connectivity index is 1.32. The molecule has 7 nitrogen and oxygen atoms in total. The van der Waals surface area contributed by atoms with Gasteiger partial charge < -0.3 is 0 Å². The molecule has 0 bridgehead atoms. The zero-order valence-corrected chi connectivity index (χ0v) is 21.2. The van der Waals surface area contributed by atoms with E-state index in [1.165, 1.54) is 55.7 Å². The van der Waals surface area contributed by atoms with E-state index in [4.69, 9.17) is 5.10 Å². The predicted octanol–water partition coefficient (Wildman–Crippen LogP) is 5.15. The highest BCUT2D eigenvalue weighted by Gasteiger charge is 2.49. The second-order valence-electron chi connectivity index (χ2n) is 10.1. The van der Waals surface area contributed by atoms with Crippen LogP contribution in [0.25, 0.3) is 27.5 Å². The van der Waals surface area contributed by atoms with Gasteiger partial charge in [-0.1, -0.05) is 23.5 Å². The molecule has 2 aliphatic carbocycles. The minimum atomic E-state index is -1.07. The van der Waals surface area contributed by atoms with Gasteiger partial charge in [0, 0.05) is 29.1 Å². The molecule has 0 unspecified atom stereocenters. The van der Waals surface area contributed by atoms with Crippen LogP contribution >= 0.6 is 11.3 Å². The van der Waals surface area contributed by atoms with Crippen LogP contribution in [-0.4, -0.2) is 50.3 Å². The van der Waals surface area contributed by atoms with E-state index in [0.29, 0.717) is 5.13 Å². The number of benzene rings is 1. The average molecular weight is 515 g/mol. The third-order valence-corrected chi connectivity index (χ3v) is 8.91. The van der Waals surface area contributed by atoms with Crippen LogP contribution < -0.4 is 5.32 Å². The molecule has 0 radical (unpaired) electrons. The quantitative estimate of drug-likeness (QED) is 0.385. The van der Waals surface area contributed by atoms with Gasteiger partial charge in [0.25, 0.3) is 5.91 Å². The number of hydrogen-bond donors (Lipinski definition) is 1. The summed E-state index contributed by atoms with van der Waals surface area (Å²) in [6, 6.07) is 12.8. The van der Waals surface area contributed by atoms with Gasteiger partial charge in [-0.2, -0.15) is 5.10 Å². The SMILES string of the molecule is O=C(CF)Nc1nc2c(s1)-c1c(c(-c3cccnc3)nn1-c1ccc(C3(N4CCCC4)CC3)cc1)CC2. The second-order valence-corrected chi connectivity index (χ2v) is 11.1. The van der Waals surface area contributed by atoms with E-state index in [1.54, 1.807) is 6.20 Å². The molecule has 188 valence electrons. The Kier molecular flexibility index (Phi) is 5.44. The Bertz CT molecular complexity index is 1470. The van der Waals surface area contributed by atoms with Gasteiger partial charge >= 0.3 is 0 Å². The molecule has 0 spiro atoms. The van der Waals surface area contributed by atoms with E-state index in [-0.39, 0.29) is 5.54 Å². The topological polar surface area (TPSA) is 75.9 Å². The van der Waals surface area contributed by atoms with Gasteiger partial charge in [-0.3, -0.25) is 20.0 Å². The fourth-order valence-corrected chi connectivity index (χ4v) is 7.05. The van der Waals surface area contributed by atoms with Crippen LogP contribution in [0.15, 0.2) is 48.8 Å². The van der Waals surface area contributed by atoms with Crippen molar-refractivity contribution in [3.8, 4) is 27.5 Å². The number of thiazole rings is 1. The number of amides is 1. The average Bonchev–Trinajstić information content (AvgIpc) is 3.27. The van der Waals surface area contributed by atoms with Crippen molar-refractivity contribution in [1.82, 2.24) is 24.6 Å². The Morgan fingerprint density at radius 2 is 1.92 bits per heavy atom. The third-order valence-electron chi connectivity index (χ3n) is 7.89. The van der Waals surface area contributed by atoms with Crippen molar-refractivity contribution in [1.29, 1.82) is 0 Å². The molecule has 1 aliphatic heterocycles. The number of likely N-dealkylation sites (tertiary alicyclic amines) is 1. The van der Waals surface area contributed by atoms with Gasteiger partial charge in [-0.15, -0.1) is 0 Å². The van der Waals surface area contributed by atoms with Crippen molar-refractivity contribution >= 4 is 22.4 Å². The summed E-state index contributed by atoms with van der Waals surface area (Å²) in [5, 5.41) is 8.11. The minimum absolute atomic E-state index is 0.216. The molecular weight excluding hydrogens is 487 g/mol. The van der Waals surface area contributed by atoms with Crippen molar-refractivity contribution in [3.63, 3.8) is 0 Å². The Morgan fingerprint density at radius 1 is 1.11 bits per heavy atom. The normalized spacial score (nSPS) is 17.9. The number of aromatic nitrogens is 4. The number of nitrogens with zero attached hydrogens (tertiary/aromatic N) is 5. The molecule has 1 amide bonds. The van der Waals surface area contributed by atoms with Gasteiger partial charge in [-0.05, 0) is 81.4 Å². The fraction of sp³-hybridized carbons (Fsp3) is 0.357. The number of pyridine rings is 1. The monoisotopic (exact) mass is 514 g/mol. The van der Waals surface area contributed by atoms with Crippen LogP contribution in [0, 0.1) is 0 Å². The van der Waals surface area contributed by atoms with Crippen LogP contribution in [0.1, 0.15) is 42.5 Å². The first-order valence-electron chi connectivity index (χ1n) is 12.9. The highest BCUT2D eigenvalue weighted by atomic mass is 32.1. The minimum Gasteiger partial charge on any atom is -0.300 e. The van der Waals surface area contributed by atoms with Crippen LogP contribution in [0.4, 0.5) is 9.52 Å². The fourth-order valence-electron chi connectivity index (χ4n) is 5.96. The number of carbonyl (C=O) groups is 1. The first-order valence-corrected chi connectivity index (χ1v) is 13.7. The number of rotatable bonds is 6. The lowest BCUT2D eigenvalue weighted by Gasteiger charge is -2.28. The molecule has 2 fully saturated rings. The van der Waals surface area contributed by atoms with Crippen molar-refractivity contribution in [2.45, 2.75) is 44.1 Å². The summed E-state index contributed by atoms with van der Waals surface area (Å²) < 4.78 is 14.8. The van der Waals surface area contributed by atoms with Crippen molar-refractivity contribution < 1.29 is 9.18 Å². The molecule has 1 saturated carbocycles. The van der Waals surface area contributed by atoms with E-state index < -0.39 is 12.6 Å². The predicted molar refractivity (Wildman–Crippen MR) is 142 cm³/mol. The molecule has 0 atom stereocenters. The lowest BCUT2D eigenvalue weighted by atomic mass is 9.95. The Labute approximate surface area is 218 Å². The molecule has 9 heteroatoms.